The van der Waals surface area contributed by atoms with Crippen molar-refractivity contribution in [2.45, 2.75) is 32.4 Å². The topological polar surface area (TPSA) is 69.6 Å². The van der Waals surface area contributed by atoms with Crippen molar-refractivity contribution in [2.24, 2.45) is 0 Å². The Balaban J connectivity index is 1.83. The van der Waals surface area contributed by atoms with Gasteiger partial charge in [-0.2, -0.15) is 0 Å². The lowest BCUT2D eigenvalue weighted by Crippen LogP contribution is -2.43. The Morgan fingerprint density at radius 1 is 1.47 bits per heavy atom. The number of carboxylic acids is 1. The van der Waals surface area contributed by atoms with Gasteiger partial charge in [0.2, 0.25) is 5.91 Å². The maximum Gasteiger partial charge on any atom is 0.336 e. The highest BCUT2D eigenvalue weighted by molar-refractivity contribution is 7.10. The first-order chi connectivity index (χ1) is 9.08. The minimum atomic E-state index is -0.913. The van der Waals surface area contributed by atoms with Crippen molar-refractivity contribution >= 4 is 23.2 Å². The second kappa shape index (κ2) is 6.16. The second-order valence-corrected chi connectivity index (χ2v) is 5.74. The molecule has 1 aliphatic rings. The Labute approximate surface area is 116 Å². The van der Waals surface area contributed by atoms with Crippen LogP contribution >= 0.6 is 11.3 Å². The van der Waals surface area contributed by atoms with Crippen LogP contribution in [0.3, 0.4) is 0 Å². The first kappa shape index (κ1) is 14.0. The van der Waals surface area contributed by atoms with Crippen molar-refractivity contribution in [3.63, 3.8) is 0 Å². The molecule has 1 saturated heterocycles. The summed E-state index contributed by atoms with van der Waals surface area (Å²) in [6.45, 7) is 4.09. The number of carboxylic acid groups (broad SMARTS) is 1. The number of thiophene rings is 1. The summed E-state index contributed by atoms with van der Waals surface area (Å²) < 4.78 is 0. The van der Waals surface area contributed by atoms with Crippen LogP contribution in [0.1, 0.15) is 35.0 Å². The van der Waals surface area contributed by atoms with Crippen molar-refractivity contribution in [1.29, 1.82) is 0 Å². The summed E-state index contributed by atoms with van der Waals surface area (Å²) in [4.78, 5) is 25.6. The van der Waals surface area contributed by atoms with Gasteiger partial charge in [0.25, 0.3) is 0 Å². The molecule has 1 aromatic rings. The van der Waals surface area contributed by atoms with Crippen molar-refractivity contribution in [1.82, 2.24) is 10.2 Å². The average Bonchev–Trinajstić information content (AvgIpc) is 3.05. The van der Waals surface area contributed by atoms with Crippen molar-refractivity contribution < 1.29 is 14.7 Å². The van der Waals surface area contributed by atoms with Crippen molar-refractivity contribution in [3.05, 3.63) is 21.9 Å². The Morgan fingerprint density at radius 2 is 2.16 bits per heavy atom. The fraction of sp³-hybridized carbons (Fsp3) is 0.538. The zero-order valence-corrected chi connectivity index (χ0v) is 11.7. The van der Waals surface area contributed by atoms with Crippen LogP contribution in [0.5, 0.6) is 0 Å². The standard InChI is InChI=1S/C13H18N2O3S/c1-9(12(16)15-4-2-3-5-15)14-7-11-6-10(8-19-11)13(17)18/h6,8-9,14H,2-5,7H2,1H3,(H,17,18). The first-order valence-electron chi connectivity index (χ1n) is 6.41. The second-order valence-electron chi connectivity index (χ2n) is 4.74. The molecule has 6 heteroatoms. The molecule has 0 aliphatic carbocycles. The lowest BCUT2D eigenvalue weighted by Gasteiger charge is -2.20. The molecule has 104 valence electrons. The summed E-state index contributed by atoms with van der Waals surface area (Å²) >= 11 is 1.40. The van der Waals surface area contributed by atoms with Gasteiger partial charge in [-0.15, -0.1) is 11.3 Å². The van der Waals surface area contributed by atoms with E-state index in [1.807, 2.05) is 11.8 Å². The molecule has 19 heavy (non-hydrogen) atoms. The van der Waals surface area contributed by atoms with E-state index in [2.05, 4.69) is 5.32 Å². The maximum absolute atomic E-state index is 12.1. The van der Waals surface area contributed by atoms with Gasteiger partial charge >= 0.3 is 5.97 Å². The highest BCUT2D eigenvalue weighted by Gasteiger charge is 2.22. The number of amides is 1. The molecule has 2 rings (SSSR count). The largest absolute Gasteiger partial charge is 0.478 e. The number of likely N-dealkylation sites (tertiary alicyclic amines) is 1. The molecule has 0 bridgehead atoms. The predicted octanol–water partition coefficient (Wildman–Crippen LogP) is 1.55. The molecule has 0 spiro atoms. The maximum atomic E-state index is 12.1. The van der Waals surface area contributed by atoms with Crippen molar-refractivity contribution in [3.8, 4) is 0 Å². The predicted molar refractivity (Wildman–Crippen MR) is 73.4 cm³/mol. The molecular weight excluding hydrogens is 264 g/mol. The van der Waals surface area contributed by atoms with Crippen molar-refractivity contribution in [2.75, 3.05) is 13.1 Å². The van der Waals surface area contributed by atoms with Crippen LogP contribution in [-0.4, -0.2) is 41.0 Å². The van der Waals surface area contributed by atoms with E-state index >= 15 is 0 Å². The molecule has 1 aliphatic heterocycles. The third-order valence-electron chi connectivity index (χ3n) is 3.27. The van der Waals surface area contributed by atoms with E-state index in [4.69, 9.17) is 5.11 Å². The van der Waals surface area contributed by atoms with E-state index in [0.717, 1.165) is 30.8 Å². The number of rotatable bonds is 5. The quantitative estimate of drug-likeness (QED) is 0.859. The van der Waals surface area contributed by atoms with Gasteiger partial charge in [0, 0.05) is 29.9 Å². The third-order valence-corrected chi connectivity index (χ3v) is 4.21. The van der Waals surface area contributed by atoms with Crippen LogP contribution in [0.2, 0.25) is 0 Å². The summed E-state index contributed by atoms with van der Waals surface area (Å²) in [7, 11) is 0. The van der Waals surface area contributed by atoms with Crippen LogP contribution in [-0.2, 0) is 11.3 Å². The number of aromatic carboxylic acids is 1. The summed E-state index contributed by atoms with van der Waals surface area (Å²) in [6, 6.07) is 1.42. The van der Waals surface area contributed by atoms with Gasteiger partial charge in [-0.25, -0.2) is 4.79 Å². The van der Waals surface area contributed by atoms with Gasteiger partial charge in [-0.1, -0.05) is 0 Å². The highest BCUT2D eigenvalue weighted by atomic mass is 32.1. The summed E-state index contributed by atoms with van der Waals surface area (Å²) in [6.07, 6.45) is 2.18. The smallest absolute Gasteiger partial charge is 0.336 e. The zero-order chi connectivity index (χ0) is 13.8. The van der Waals surface area contributed by atoms with Gasteiger partial charge in [0.15, 0.2) is 0 Å². The molecule has 5 nitrogen and oxygen atoms in total. The first-order valence-corrected chi connectivity index (χ1v) is 7.29. The summed E-state index contributed by atoms with van der Waals surface area (Å²) in [5.41, 5.74) is 0.306. The molecule has 1 unspecified atom stereocenters. The number of carbonyl (C=O) groups excluding carboxylic acids is 1. The Kier molecular flexibility index (Phi) is 4.55. The molecular formula is C13H18N2O3S. The Morgan fingerprint density at radius 3 is 2.74 bits per heavy atom. The summed E-state index contributed by atoms with van der Waals surface area (Å²) in [5, 5.41) is 13.6. The lowest BCUT2D eigenvalue weighted by atomic mass is 10.2. The van der Waals surface area contributed by atoms with E-state index in [0.29, 0.717) is 12.1 Å². The van der Waals surface area contributed by atoms with E-state index in [9.17, 15) is 9.59 Å². The minimum Gasteiger partial charge on any atom is -0.478 e. The van der Waals surface area contributed by atoms with E-state index in [1.54, 1.807) is 11.4 Å². The van der Waals surface area contributed by atoms with E-state index in [1.165, 1.54) is 11.3 Å². The molecule has 0 radical (unpaired) electrons. The molecule has 2 heterocycles. The molecule has 1 atom stereocenters. The van der Waals surface area contributed by atoms with Crippen LogP contribution in [0.25, 0.3) is 0 Å². The lowest BCUT2D eigenvalue weighted by molar-refractivity contribution is -0.131. The van der Waals surface area contributed by atoms with E-state index in [-0.39, 0.29) is 11.9 Å². The monoisotopic (exact) mass is 282 g/mol. The summed E-state index contributed by atoms with van der Waals surface area (Å²) in [5.74, 6) is -0.781. The van der Waals surface area contributed by atoms with Gasteiger partial charge < -0.3 is 15.3 Å². The van der Waals surface area contributed by atoms with Crippen LogP contribution in [0.15, 0.2) is 11.4 Å². The zero-order valence-electron chi connectivity index (χ0n) is 10.9. The SMILES string of the molecule is CC(NCc1cc(C(=O)O)cs1)C(=O)N1CCCC1. The number of hydrogen-bond acceptors (Lipinski definition) is 4. The van der Waals surface area contributed by atoms with Crippen LogP contribution in [0, 0.1) is 0 Å². The fourth-order valence-electron chi connectivity index (χ4n) is 2.14. The molecule has 0 saturated carbocycles. The molecule has 2 N–H and O–H groups in total. The Hall–Kier alpha value is -1.40. The fourth-order valence-corrected chi connectivity index (χ4v) is 2.95. The minimum absolute atomic E-state index is 0.132. The number of hydrogen-bond donors (Lipinski definition) is 2. The number of nitrogens with one attached hydrogen (secondary N) is 1. The van der Waals surface area contributed by atoms with Crippen LogP contribution < -0.4 is 5.32 Å². The van der Waals surface area contributed by atoms with Crippen LogP contribution in [0.4, 0.5) is 0 Å². The van der Waals surface area contributed by atoms with Gasteiger partial charge in [-0.05, 0) is 25.8 Å². The normalized spacial score (nSPS) is 16.6. The molecule has 1 amide bonds. The molecule has 0 aromatic carbocycles. The highest BCUT2D eigenvalue weighted by Crippen LogP contribution is 2.15. The molecule has 1 fully saturated rings. The third kappa shape index (κ3) is 3.54. The number of nitrogens with zero attached hydrogens (tertiary/aromatic N) is 1. The average molecular weight is 282 g/mol. The van der Waals surface area contributed by atoms with Gasteiger partial charge in [0.05, 0.1) is 11.6 Å². The number of carbonyl (C=O) groups is 2. The van der Waals surface area contributed by atoms with E-state index < -0.39 is 5.97 Å². The van der Waals surface area contributed by atoms with Gasteiger partial charge in [0.1, 0.15) is 0 Å². The molecule has 1 aromatic heterocycles. The van der Waals surface area contributed by atoms with Gasteiger partial charge in [-0.3, -0.25) is 4.79 Å². The Bertz CT molecular complexity index is 466.